The van der Waals surface area contributed by atoms with Crippen molar-refractivity contribution in [3.63, 3.8) is 0 Å². The highest BCUT2D eigenvalue weighted by Gasteiger charge is 2.21. The van der Waals surface area contributed by atoms with E-state index in [1.165, 1.54) is 12.1 Å². The second kappa shape index (κ2) is 7.85. The second-order valence-corrected chi connectivity index (χ2v) is 6.24. The number of halogens is 2. The molecular formula is C19H19ClFN3O2. The van der Waals surface area contributed by atoms with E-state index in [-0.39, 0.29) is 30.0 Å². The number of carbonyl (C=O) groups is 1. The van der Waals surface area contributed by atoms with Gasteiger partial charge < -0.3 is 15.1 Å². The number of hydrogen-bond acceptors (Lipinski definition) is 4. The topological polar surface area (TPSA) is 67.2 Å². The highest BCUT2D eigenvalue weighted by Crippen LogP contribution is 2.27. The third-order valence-corrected chi connectivity index (χ3v) is 4.41. The van der Waals surface area contributed by atoms with E-state index < -0.39 is 0 Å². The van der Waals surface area contributed by atoms with E-state index in [9.17, 15) is 9.18 Å². The largest absolute Gasteiger partial charge is 0.436 e. The lowest BCUT2D eigenvalue weighted by molar-refractivity contribution is -0.120. The Bertz CT molecular complexity index is 905. The predicted octanol–water partition coefficient (Wildman–Crippen LogP) is 3.99. The normalized spacial score (nSPS) is 16.9. The smallest absolute Gasteiger partial charge is 0.228 e. The first-order valence-corrected chi connectivity index (χ1v) is 8.37. The van der Waals surface area contributed by atoms with Gasteiger partial charge in [-0.05, 0) is 55.8 Å². The Morgan fingerprint density at radius 3 is 2.77 bits per heavy atom. The number of rotatable bonds is 3. The molecule has 3 aromatic rings. The first-order valence-electron chi connectivity index (χ1n) is 8.37. The van der Waals surface area contributed by atoms with Gasteiger partial charge in [0.2, 0.25) is 11.8 Å². The van der Waals surface area contributed by atoms with Crippen molar-refractivity contribution < 1.29 is 13.6 Å². The maximum Gasteiger partial charge on any atom is 0.228 e. The van der Waals surface area contributed by atoms with Crippen molar-refractivity contribution in [1.82, 2.24) is 10.3 Å². The molecule has 2 heterocycles. The molecule has 1 fully saturated rings. The fraction of sp³-hybridized carbons (Fsp3) is 0.263. The molecule has 1 atom stereocenters. The van der Waals surface area contributed by atoms with E-state index in [2.05, 4.69) is 15.6 Å². The molecule has 1 amide bonds. The van der Waals surface area contributed by atoms with Crippen LogP contribution in [0.5, 0.6) is 0 Å². The summed E-state index contributed by atoms with van der Waals surface area (Å²) in [6.07, 6.45) is 1.92. The lowest BCUT2D eigenvalue weighted by Gasteiger charge is -2.21. The molecule has 5 nitrogen and oxygen atoms in total. The molecule has 0 radical (unpaired) electrons. The van der Waals surface area contributed by atoms with Gasteiger partial charge in [-0.3, -0.25) is 4.79 Å². The van der Waals surface area contributed by atoms with E-state index in [0.29, 0.717) is 34.8 Å². The van der Waals surface area contributed by atoms with E-state index in [0.717, 1.165) is 19.4 Å². The van der Waals surface area contributed by atoms with Crippen LogP contribution in [-0.2, 0) is 4.79 Å². The van der Waals surface area contributed by atoms with Crippen LogP contribution in [0.3, 0.4) is 0 Å². The number of nitrogens with one attached hydrogen (secondary N) is 2. The third kappa shape index (κ3) is 3.86. The first kappa shape index (κ1) is 18.4. The molecule has 1 aliphatic rings. The molecule has 0 saturated carbocycles. The number of benzene rings is 2. The number of oxazole rings is 1. The number of aromatic nitrogens is 1. The van der Waals surface area contributed by atoms with Crippen LogP contribution in [0.15, 0.2) is 46.9 Å². The fourth-order valence-corrected chi connectivity index (χ4v) is 3.04. The molecule has 2 aromatic carbocycles. The Hall–Kier alpha value is -2.44. The molecule has 1 saturated heterocycles. The molecule has 1 aromatic heterocycles. The van der Waals surface area contributed by atoms with Gasteiger partial charge in [-0.1, -0.05) is 0 Å². The van der Waals surface area contributed by atoms with Crippen molar-refractivity contribution in [2.24, 2.45) is 5.92 Å². The minimum atomic E-state index is -0.304. The number of piperidine rings is 1. The van der Waals surface area contributed by atoms with E-state index in [1.807, 2.05) is 6.07 Å². The standard InChI is InChI=1S/C19H18FN3O2.ClH/c20-14-5-3-12(4-6-14)19-23-16-8-7-15(10-17(16)25-19)22-18(24)13-2-1-9-21-11-13;/h3-8,10,13,21H,1-2,9,11H2,(H,22,24);1H. The zero-order valence-electron chi connectivity index (χ0n) is 14.0. The Kier molecular flexibility index (Phi) is 5.54. The van der Waals surface area contributed by atoms with Crippen LogP contribution in [0, 0.1) is 11.7 Å². The maximum atomic E-state index is 13.0. The molecule has 0 spiro atoms. The molecule has 7 heteroatoms. The Morgan fingerprint density at radius 1 is 1.23 bits per heavy atom. The second-order valence-electron chi connectivity index (χ2n) is 6.24. The summed E-state index contributed by atoms with van der Waals surface area (Å²) in [5.74, 6) is 0.135. The minimum absolute atomic E-state index is 0. The summed E-state index contributed by atoms with van der Waals surface area (Å²) in [4.78, 5) is 16.7. The molecule has 1 aliphatic heterocycles. The highest BCUT2D eigenvalue weighted by molar-refractivity contribution is 5.94. The number of anilines is 1. The monoisotopic (exact) mass is 375 g/mol. The van der Waals surface area contributed by atoms with Crippen molar-refractivity contribution in [2.75, 3.05) is 18.4 Å². The van der Waals surface area contributed by atoms with Gasteiger partial charge in [-0.2, -0.15) is 0 Å². The quantitative estimate of drug-likeness (QED) is 0.726. The summed E-state index contributed by atoms with van der Waals surface area (Å²) in [5, 5.41) is 6.18. The molecule has 0 aliphatic carbocycles. The van der Waals surface area contributed by atoms with Crippen molar-refractivity contribution in [2.45, 2.75) is 12.8 Å². The van der Waals surface area contributed by atoms with Gasteiger partial charge in [0.25, 0.3) is 0 Å². The number of carbonyl (C=O) groups excluding carboxylic acids is 1. The summed E-state index contributed by atoms with van der Waals surface area (Å²) in [5.41, 5.74) is 2.66. The summed E-state index contributed by atoms with van der Waals surface area (Å²) in [6, 6.07) is 11.4. The minimum Gasteiger partial charge on any atom is -0.436 e. The summed E-state index contributed by atoms with van der Waals surface area (Å²) in [7, 11) is 0. The fourth-order valence-electron chi connectivity index (χ4n) is 3.04. The van der Waals surface area contributed by atoms with Gasteiger partial charge in [0.05, 0.1) is 5.92 Å². The molecule has 4 rings (SSSR count). The van der Waals surface area contributed by atoms with Crippen LogP contribution in [-0.4, -0.2) is 24.0 Å². The first-order chi connectivity index (χ1) is 12.2. The molecule has 1 unspecified atom stereocenters. The summed E-state index contributed by atoms with van der Waals surface area (Å²) >= 11 is 0. The van der Waals surface area contributed by atoms with Crippen molar-refractivity contribution in [3.05, 3.63) is 48.3 Å². The Morgan fingerprint density at radius 2 is 2.04 bits per heavy atom. The van der Waals surface area contributed by atoms with Crippen molar-refractivity contribution in [1.29, 1.82) is 0 Å². The van der Waals surface area contributed by atoms with Crippen LogP contribution >= 0.6 is 12.4 Å². The average molecular weight is 376 g/mol. The SMILES string of the molecule is Cl.O=C(Nc1ccc2nc(-c3ccc(F)cc3)oc2c1)C1CCCNC1. The molecule has 136 valence electrons. The van der Waals surface area contributed by atoms with Crippen LogP contribution in [0.1, 0.15) is 12.8 Å². The van der Waals surface area contributed by atoms with E-state index >= 15 is 0 Å². The highest BCUT2D eigenvalue weighted by atomic mass is 35.5. The van der Waals surface area contributed by atoms with Gasteiger partial charge in [0.1, 0.15) is 11.3 Å². The van der Waals surface area contributed by atoms with Gasteiger partial charge in [0, 0.05) is 23.9 Å². The van der Waals surface area contributed by atoms with Gasteiger partial charge >= 0.3 is 0 Å². The number of nitrogens with zero attached hydrogens (tertiary/aromatic N) is 1. The van der Waals surface area contributed by atoms with Gasteiger partial charge in [-0.25, -0.2) is 9.37 Å². The average Bonchev–Trinajstić information content (AvgIpc) is 3.06. The molecule has 0 bridgehead atoms. The lowest BCUT2D eigenvalue weighted by Crippen LogP contribution is -2.37. The summed E-state index contributed by atoms with van der Waals surface area (Å²) < 4.78 is 18.8. The Labute approximate surface area is 156 Å². The zero-order chi connectivity index (χ0) is 17.2. The van der Waals surface area contributed by atoms with Crippen LogP contribution < -0.4 is 10.6 Å². The molecule has 2 N–H and O–H groups in total. The lowest BCUT2D eigenvalue weighted by atomic mass is 9.99. The number of hydrogen-bond donors (Lipinski definition) is 2. The third-order valence-electron chi connectivity index (χ3n) is 4.41. The maximum absolute atomic E-state index is 13.0. The van der Waals surface area contributed by atoms with Crippen molar-refractivity contribution >= 4 is 35.1 Å². The van der Waals surface area contributed by atoms with Gasteiger partial charge in [-0.15, -0.1) is 12.4 Å². The van der Waals surface area contributed by atoms with Crippen LogP contribution in [0.4, 0.5) is 10.1 Å². The number of fused-ring (bicyclic) bond motifs is 1. The van der Waals surface area contributed by atoms with E-state index in [4.69, 9.17) is 4.42 Å². The summed E-state index contributed by atoms with van der Waals surface area (Å²) in [6.45, 7) is 1.69. The van der Waals surface area contributed by atoms with Crippen molar-refractivity contribution in [3.8, 4) is 11.5 Å². The predicted molar refractivity (Wildman–Crippen MR) is 101 cm³/mol. The van der Waals surface area contributed by atoms with Crippen LogP contribution in [0.25, 0.3) is 22.6 Å². The Balaban J connectivity index is 0.00000196. The molecule has 26 heavy (non-hydrogen) atoms. The number of amides is 1. The molecular weight excluding hydrogens is 357 g/mol. The van der Waals surface area contributed by atoms with Gasteiger partial charge in [0.15, 0.2) is 5.58 Å². The van der Waals surface area contributed by atoms with Crippen LogP contribution in [0.2, 0.25) is 0 Å². The zero-order valence-corrected chi connectivity index (χ0v) is 14.8. The van der Waals surface area contributed by atoms with E-state index in [1.54, 1.807) is 24.3 Å².